The number of hydrogen-bond acceptors (Lipinski definition) is 6. The molecule has 0 bridgehead atoms. The Morgan fingerprint density at radius 1 is 1.10 bits per heavy atom. The van der Waals surface area contributed by atoms with Crippen LogP contribution in [0.3, 0.4) is 0 Å². The average molecular weight is 304 g/mol. The zero-order valence-electron chi connectivity index (χ0n) is 12.3. The molecule has 1 aromatic rings. The molecule has 0 fully saturated rings. The van der Waals surface area contributed by atoms with Gasteiger partial charge in [0.2, 0.25) is 0 Å². The lowest BCUT2D eigenvalue weighted by Crippen LogP contribution is -2.46. The van der Waals surface area contributed by atoms with Crippen LogP contribution in [-0.2, 0) is 19.8 Å². The minimum Gasteiger partial charge on any atom is -0.491 e. The van der Waals surface area contributed by atoms with Crippen LogP contribution in [0.5, 0.6) is 11.8 Å². The van der Waals surface area contributed by atoms with Gasteiger partial charge in [0, 0.05) is 32.4 Å². The van der Waals surface area contributed by atoms with E-state index in [9.17, 15) is 10.2 Å². The summed E-state index contributed by atoms with van der Waals surface area (Å²) in [5.74, 6) is -0.575. The highest BCUT2D eigenvalue weighted by Crippen LogP contribution is 2.24. The van der Waals surface area contributed by atoms with E-state index >= 15 is 0 Å². The van der Waals surface area contributed by atoms with Crippen molar-refractivity contribution in [3.05, 3.63) is 6.33 Å². The number of nitrogens with zero attached hydrogens (tertiary/aromatic N) is 2. The minimum absolute atomic E-state index is 0.221. The third kappa shape index (κ3) is 4.48. The second-order valence-electron chi connectivity index (χ2n) is 4.17. The van der Waals surface area contributed by atoms with Crippen molar-refractivity contribution in [2.45, 2.75) is 39.8 Å². The van der Waals surface area contributed by atoms with E-state index in [0.29, 0.717) is 38.8 Å². The van der Waals surface area contributed by atoms with Crippen molar-refractivity contribution in [3.63, 3.8) is 0 Å². The molecule has 1 rings (SSSR count). The molecule has 0 spiro atoms. The largest absolute Gasteiger partial charge is 0.500 e. The lowest BCUT2D eigenvalue weighted by Gasteiger charge is -2.28. The first-order chi connectivity index (χ1) is 9.58. The lowest BCUT2D eigenvalue weighted by atomic mass is 10.5. The first kappa shape index (κ1) is 17.0. The van der Waals surface area contributed by atoms with Gasteiger partial charge in [0.15, 0.2) is 0 Å². The summed E-state index contributed by atoms with van der Waals surface area (Å²) in [6, 6.07) is 0.654. The Balaban J connectivity index is 2.58. The number of hydrogen-bond donors (Lipinski definition) is 2. The molecular weight excluding hydrogens is 280 g/mol. The van der Waals surface area contributed by atoms with Crippen molar-refractivity contribution in [1.29, 1.82) is 0 Å². The molecule has 8 heteroatoms. The van der Waals surface area contributed by atoms with Gasteiger partial charge < -0.3 is 23.5 Å². The highest BCUT2D eigenvalue weighted by atomic mass is 28.4. The molecular formula is C12H24N2O5Si. The van der Waals surface area contributed by atoms with Crippen molar-refractivity contribution in [2.75, 3.05) is 19.8 Å². The summed E-state index contributed by atoms with van der Waals surface area (Å²) >= 11 is 0. The van der Waals surface area contributed by atoms with Gasteiger partial charge >= 0.3 is 8.80 Å². The predicted molar refractivity (Wildman–Crippen MR) is 75.6 cm³/mol. The molecule has 2 N–H and O–H groups in total. The van der Waals surface area contributed by atoms with E-state index < -0.39 is 8.80 Å². The Morgan fingerprint density at radius 3 is 2.05 bits per heavy atom. The van der Waals surface area contributed by atoms with Crippen LogP contribution >= 0.6 is 0 Å². The molecule has 0 amide bonds. The molecule has 1 heterocycles. The SMILES string of the molecule is CCO[Si](CCCn1cnc(O)c1O)(OCC)OCC. The van der Waals surface area contributed by atoms with Gasteiger partial charge in [-0.05, 0) is 27.2 Å². The fourth-order valence-corrected chi connectivity index (χ4v) is 4.59. The molecule has 0 saturated carbocycles. The molecule has 116 valence electrons. The van der Waals surface area contributed by atoms with Gasteiger partial charge in [0.05, 0.1) is 0 Å². The third-order valence-corrected chi connectivity index (χ3v) is 5.92. The van der Waals surface area contributed by atoms with Gasteiger partial charge in [-0.25, -0.2) is 0 Å². The molecule has 0 radical (unpaired) electrons. The fourth-order valence-electron chi connectivity index (χ4n) is 2.00. The summed E-state index contributed by atoms with van der Waals surface area (Å²) in [6.45, 7) is 7.90. The zero-order chi connectivity index (χ0) is 15.0. The van der Waals surface area contributed by atoms with Gasteiger partial charge in [0.1, 0.15) is 6.33 Å². The quantitative estimate of drug-likeness (QED) is 0.640. The Morgan fingerprint density at radius 2 is 1.65 bits per heavy atom. The molecule has 0 unspecified atom stereocenters. The van der Waals surface area contributed by atoms with Crippen molar-refractivity contribution in [1.82, 2.24) is 9.55 Å². The van der Waals surface area contributed by atoms with E-state index in [1.54, 1.807) is 0 Å². The second-order valence-corrected chi connectivity index (χ2v) is 6.90. The number of aromatic hydroxyl groups is 2. The van der Waals surface area contributed by atoms with Gasteiger partial charge in [-0.2, -0.15) is 4.98 Å². The molecule has 0 atom stereocenters. The molecule has 0 aromatic carbocycles. The highest BCUT2D eigenvalue weighted by Gasteiger charge is 2.39. The average Bonchev–Trinajstić information content (AvgIpc) is 2.72. The summed E-state index contributed by atoms with van der Waals surface area (Å²) in [6.07, 6.45) is 2.10. The number of rotatable bonds is 10. The van der Waals surface area contributed by atoms with Crippen molar-refractivity contribution >= 4 is 8.80 Å². The summed E-state index contributed by atoms with van der Waals surface area (Å²) in [7, 11) is -2.64. The standard InChI is InChI=1S/C12H24N2O5Si/c1-4-17-20(18-5-2,19-6-3)9-7-8-14-10-13-11(15)12(14)16/h10,15-16H,4-9H2,1-3H3. The van der Waals surface area contributed by atoms with E-state index in [-0.39, 0.29) is 11.8 Å². The van der Waals surface area contributed by atoms with Crippen molar-refractivity contribution < 1.29 is 23.5 Å². The van der Waals surface area contributed by atoms with E-state index in [1.807, 2.05) is 20.8 Å². The number of aromatic nitrogens is 2. The van der Waals surface area contributed by atoms with Gasteiger partial charge in [0.25, 0.3) is 11.8 Å². The minimum atomic E-state index is -2.64. The Labute approximate surface area is 120 Å². The molecule has 7 nitrogen and oxygen atoms in total. The van der Waals surface area contributed by atoms with Crippen molar-refractivity contribution in [3.8, 4) is 11.8 Å². The van der Waals surface area contributed by atoms with Gasteiger partial charge in [-0.15, -0.1) is 0 Å². The van der Waals surface area contributed by atoms with Crippen LogP contribution in [-0.4, -0.2) is 48.4 Å². The maximum atomic E-state index is 9.55. The lowest BCUT2D eigenvalue weighted by molar-refractivity contribution is 0.0704. The molecule has 20 heavy (non-hydrogen) atoms. The van der Waals surface area contributed by atoms with Crippen LogP contribution in [0.25, 0.3) is 0 Å². The first-order valence-electron chi connectivity index (χ1n) is 6.93. The first-order valence-corrected chi connectivity index (χ1v) is 8.86. The summed E-state index contributed by atoms with van der Waals surface area (Å²) in [4.78, 5) is 3.63. The maximum Gasteiger partial charge on any atom is 0.500 e. The van der Waals surface area contributed by atoms with Crippen molar-refractivity contribution in [2.24, 2.45) is 0 Å². The maximum absolute atomic E-state index is 9.55. The van der Waals surface area contributed by atoms with Crippen LogP contribution in [0, 0.1) is 0 Å². The number of aryl methyl sites for hydroxylation is 1. The van der Waals surface area contributed by atoms with E-state index in [1.165, 1.54) is 10.9 Å². The fraction of sp³-hybridized carbons (Fsp3) is 0.750. The molecule has 0 aliphatic carbocycles. The second kappa shape index (κ2) is 8.25. The molecule has 0 aliphatic rings. The number of imidazole rings is 1. The van der Waals surface area contributed by atoms with E-state index in [2.05, 4.69) is 4.98 Å². The Hall–Kier alpha value is -1.09. The van der Waals surface area contributed by atoms with Crippen LogP contribution in [0.15, 0.2) is 6.33 Å². The van der Waals surface area contributed by atoms with Gasteiger partial charge in [-0.1, -0.05) is 0 Å². The summed E-state index contributed by atoms with van der Waals surface area (Å²) in [5, 5.41) is 18.7. The predicted octanol–water partition coefficient (Wildman–Crippen LogP) is 1.73. The topological polar surface area (TPSA) is 86.0 Å². The van der Waals surface area contributed by atoms with Gasteiger partial charge in [-0.3, -0.25) is 4.57 Å². The third-order valence-electron chi connectivity index (χ3n) is 2.77. The monoisotopic (exact) mass is 304 g/mol. The highest BCUT2D eigenvalue weighted by molar-refractivity contribution is 6.60. The van der Waals surface area contributed by atoms with Crippen LogP contribution in [0.2, 0.25) is 6.04 Å². The Kier molecular flexibility index (Phi) is 7.00. The zero-order valence-corrected chi connectivity index (χ0v) is 13.3. The summed E-state index contributed by atoms with van der Waals surface area (Å²) < 4.78 is 18.7. The molecule has 0 saturated heterocycles. The van der Waals surface area contributed by atoms with E-state index in [0.717, 1.165) is 0 Å². The molecule has 0 aliphatic heterocycles. The summed E-state index contributed by atoms with van der Waals surface area (Å²) in [5.41, 5.74) is 0. The normalized spacial score (nSPS) is 11.9. The molecule has 1 aromatic heterocycles. The van der Waals surface area contributed by atoms with Crippen LogP contribution < -0.4 is 0 Å². The smallest absolute Gasteiger partial charge is 0.491 e. The van der Waals surface area contributed by atoms with Crippen LogP contribution in [0.4, 0.5) is 0 Å². The van der Waals surface area contributed by atoms with Crippen LogP contribution in [0.1, 0.15) is 27.2 Å². The Bertz CT molecular complexity index is 382. The van der Waals surface area contributed by atoms with E-state index in [4.69, 9.17) is 13.3 Å².